The number of hydrogen-bond donors (Lipinski definition) is 0. The number of amides is 1. The van der Waals surface area contributed by atoms with Crippen LogP contribution >= 0.6 is 0 Å². The first-order valence-electron chi connectivity index (χ1n) is 6.90. The average molecular weight is 308 g/mol. The highest BCUT2D eigenvalue weighted by atomic mass is 19.1. The summed E-state index contributed by atoms with van der Waals surface area (Å²) >= 11 is 0. The van der Waals surface area contributed by atoms with Crippen molar-refractivity contribution in [2.75, 3.05) is 13.6 Å². The Morgan fingerprint density at radius 3 is 2.78 bits per heavy atom. The molecule has 2 aromatic heterocycles. The van der Waals surface area contributed by atoms with Gasteiger partial charge in [0.05, 0.1) is 17.6 Å². The van der Waals surface area contributed by atoms with Crippen molar-refractivity contribution in [3.8, 4) is 18.0 Å². The second-order valence-electron chi connectivity index (χ2n) is 4.98. The van der Waals surface area contributed by atoms with Crippen molar-refractivity contribution in [3.63, 3.8) is 0 Å². The summed E-state index contributed by atoms with van der Waals surface area (Å²) in [5, 5.41) is 4.98. The van der Waals surface area contributed by atoms with Crippen LogP contribution < -0.4 is 0 Å². The molecule has 0 radical (unpaired) electrons. The molecule has 5 nitrogen and oxygen atoms in total. The summed E-state index contributed by atoms with van der Waals surface area (Å²) in [6.07, 6.45) is 6.87. The normalized spacial score (nSPS) is 10.5. The number of pyridine rings is 1. The highest BCUT2D eigenvalue weighted by molar-refractivity contribution is 6.04. The smallest absolute Gasteiger partial charge is 0.275 e. The second kappa shape index (κ2) is 5.89. The molecule has 3 aromatic rings. The van der Waals surface area contributed by atoms with Gasteiger partial charge in [-0.3, -0.25) is 4.79 Å². The molecule has 1 aromatic carbocycles. The molecule has 114 valence electrons. The van der Waals surface area contributed by atoms with Crippen LogP contribution in [-0.2, 0) is 0 Å². The van der Waals surface area contributed by atoms with Crippen molar-refractivity contribution >= 4 is 16.9 Å². The molecular formula is C17H13FN4O. The number of rotatable bonds is 3. The molecule has 6 heteroatoms. The quantitative estimate of drug-likeness (QED) is 0.697. The molecule has 3 rings (SSSR count). The molecule has 0 saturated carbocycles. The molecule has 0 aliphatic rings. The Kier molecular flexibility index (Phi) is 3.77. The van der Waals surface area contributed by atoms with Gasteiger partial charge in [-0.1, -0.05) is 5.92 Å². The van der Waals surface area contributed by atoms with Crippen LogP contribution in [0.25, 0.3) is 16.7 Å². The van der Waals surface area contributed by atoms with Crippen LogP contribution in [0.4, 0.5) is 4.39 Å². The van der Waals surface area contributed by atoms with E-state index in [0.29, 0.717) is 16.7 Å². The molecule has 0 atom stereocenters. The fraction of sp³-hybridized carbons (Fsp3) is 0.118. The van der Waals surface area contributed by atoms with Crippen LogP contribution in [0.15, 0.2) is 42.6 Å². The largest absolute Gasteiger partial charge is 0.329 e. The maximum atomic E-state index is 13.1. The van der Waals surface area contributed by atoms with E-state index in [4.69, 9.17) is 6.42 Å². The molecule has 2 heterocycles. The molecule has 0 unspecified atom stereocenters. The molecule has 0 bridgehead atoms. The summed E-state index contributed by atoms with van der Waals surface area (Å²) in [5.41, 5.74) is 1.40. The fourth-order valence-corrected chi connectivity index (χ4v) is 2.26. The van der Waals surface area contributed by atoms with Gasteiger partial charge >= 0.3 is 0 Å². The topological polar surface area (TPSA) is 51.0 Å². The van der Waals surface area contributed by atoms with Gasteiger partial charge in [0.25, 0.3) is 5.91 Å². The van der Waals surface area contributed by atoms with Gasteiger partial charge in [0.2, 0.25) is 0 Å². The third-order valence-electron chi connectivity index (χ3n) is 3.39. The van der Waals surface area contributed by atoms with Crippen molar-refractivity contribution in [2.45, 2.75) is 0 Å². The zero-order chi connectivity index (χ0) is 16.4. The van der Waals surface area contributed by atoms with Gasteiger partial charge in [-0.15, -0.1) is 6.42 Å². The van der Waals surface area contributed by atoms with Crippen LogP contribution in [0.5, 0.6) is 0 Å². The van der Waals surface area contributed by atoms with Gasteiger partial charge in [-0.25, -0.2) is 14.1 Å². The van der Waals surface area contributed by atoms with Crippen LogP contribution in [0.3, 0.4) is 0 Å². The SMILES string of the molecule is C#CCN(C)C(=O)c1nn(-c2ccc(F)cc2)c2ncccc12. The standard InChI is InChI=1S/C17H13FN4O/c1-3-11-21(2)17(23)15-14-5-4-10-19-16(14)22(20-15)13-8-6-12(18)7-9-13/h1,4-10H,11H2,2H3. The first-order chi connectivity index (χ1) is 11.1. The summed E-state index contributed by atoms with van der Waals surface area (Å²) in [7, 11) is 1.61. The minimum absolute atomic E-state index is 0.185. The zero-order valence-electron chi connectivity index (χ0n) is 12.4. The van der Waals surface area contributed by atoms with E-state index in [2.05, 4.69) is 16.0 Å². The van der Waals surface area contributed by atoms with Crippen molar-refractivity contribution in [2.24, 2.45) is 0 Å². The van der Waals surface area contributed by atoms with E-state index in [-0.39, 0.29) is 24.0 Å². The lowest BCUT2D eigenvalue weighted by atomic mass is 10.2. The van der Waals surface area contributed by atoms with Crippen LogP contribution in [0.1, 0.15) is 10.5 Å². The number of fused-ring (bicyclic) bond motifs is 1. The van der Waals surface area contributed by atoms with Crippen molar-refractivity contribution in [3.05, 3.63) is 54.1 Å². The molecule has 23 heavy (non-hydrogen) atoms. The van der Waals surface area contributed by atoms with Crippen LogP contribution in [0, 0.1) is 18.2 Å². The Morgan fingerprint density at radius 2 is 2.09 bits per heavy atom. The van der Waals surface area contributed by atoms with Gasteiger partial charge in [-0.2, -0.15) is 5.10 Å². The lowest BCUT2D eigenvalue weighted by molar-refractivity contribution is 0.0808. The summed E-state index contributed by atoms with van der Waals surface area (Å²) in [4.78, 5) is 18.2. The first kappa shape index (κ1) is 14.7. The Hall–Kier alpha value is -3.20. The predicted octanol–water partition coefficient (Wildman–Crippen LogP) is 2.26. The van der Waals surface area contributed by atoms with Gasteiger partial charge in [-0.05, 0) is 36.4 Å². The zero-order valence-corrected chi connectivity index (χ0v) is 12.4. The van der Waals surface area contributed by atoms with E-state index in [1.54, 1.807) is 37.5 Å². The van der Waals surface area contributed by atoms with E-state index in [1.165, 1.54) is 21.7 Å². The Balaban J connectivity index is 2.16. The minimum Gasteiger partial charge on any atom is -0.329 e. The average Bonchev–Trinajstić information content (AvgIpc) is 2.95. The maximum absolute atomic E-state index is 13.1. The third-order valence-corrected chi connectivity index (χ3v) is 3.39. The lowest BCUT2D eigenvalue weighted by Crippen LogP contribution is -2.27. The summed E-state index contributed by atoms with van der Waals surface area (Å²) in [5.74, 6) is 1.79. The molecule has 0 saturated heterocycles. The number of aromatic nitrogens is 3. The Labute approximate surface area is 132 Å². The van der Waals surface area contributed by atoms with E-state index in [1.807, 2.05) is 0 Å². The highest BCUT2D eigenvalue weighted by Crippen LogP contribution is 2.21. The number of terminal acetylenes is 1. The number of carbonyl (C=O) groups excluding carboxylic acids is 1. The molecule has 0 aliphatic carbocycles. The van der Waals surface area contributed by atoms with E-state index < -0.39 is 0 Å². The van der Waals surface area contributed by atoms with E-state index in [0.717, 1.165) is 0 Å². The molecule has 0 aliphatic heterocycles. The second-order valence-corrected chi connectivity index (χ2v) is 4.98. The lowest BCUT2D eigenvalue weighted by Gasteiger charge is -2.11. The monoisotopic (exact) mass is 308 g/mol. The maximum Gasteiger partial charge on any atom is 0.275 e. The summed E-state index contributed by atoms with van der Waals surface area (Å²) < 4.78 is 14.6. The van der Waals surface area contributed by atoms with Crippen molar-refractivity contribution in [1.29, 1.82) is 0 Å². The number of hydrogen-bond acceptors (Lipinski definition) is 3. The minimum atomic E-state index is -0.344. The Bertz CT molecular complexity index is 908. The van der Waals surface area contributed by atoms with Crippen LogP contribution in [0.2, 0.25) is 0 Å². The van der Waals surface area contributed by atoms with Crippen molar-refractivity contribution < 1.29 is 9.18 Å². The molecule has 1 amide bonds. The van der Waals surface area contributed by atoms with Crippen molar-refractivity contribution in [1.82, 2.24) is 19.7 Å². The molecule has 0 N–H and O–H groups in total. The third kappa shape index (κ3) is 2.64. The number of halogens is 1. The van der Waals surface area contributed by atoms with Gasteiger partial charge in [0.15, 0.2) is 11.3 Å². The summed E-state index contributed by atoms with van der Waals surface area (Å²) in [6, 6.07) is 9.32. The molecule has 0 spiro atoms. The van der Waals surface area contributed by atoms with E-state index >= 15 is 0 Å². The highest BCUT2D eigenvalue weighted by Gasteiger charge is 2.21. The summed E-state index contributed by atoms with van der Waals surface area (Å²) in [6.45, 7) is 0.185. The number of nitrogens with zero attached hydrogens (tertiary/aromatic N) is 4. The Morgan fingerprint density at radius 1 is 1.35 bits per heavy atom. The molecule has 0 fully saturated rings. The van der Waals surface area contributed by atoms with Crippen LogP contribution in [-0.4, -0.2) is 39.2 Å². The number of benzene rings is 1. The van der Waals surface area contributed by atoms with Gasteiger partial charge in [0.1, 0.15) is 5.82 Å². The van der Waals surface area contributed by atoms with Gasteiger partial charge < -0.3 is 4.90 Å². The predicted molar refractivity (Wildman–Crippen MR) is 84.6 cm³/mol. The fourth-order valence-electron chi connectivity index (χ4n) is 2.26. The number of carbonyl (C=O) groups is 1. The first-order valence-corrected chi connectivity index (χ1v) is 6.90. The van der Waals surface area contributed by atoms with Gasteiger partial charge in [0, 0.05) is 13.2 Å². The van der Waals surface area contributed by atoms with E-state index in [9.17, 15) is 9.18 Å². The molecular weight excluding hydrogens is 295 g/mol.